The average Bonchev–Trinajstić information content (AvgIpc) is 2.74. The molecule has 0 radical (unpaired) electrons. The Labute approximate surface area is 163 Å². The van der Waals surface area contributed by atoms with Crippen LogP contribution in [0.4, 0.5) is 11.4 Å². The number of para-hydroxylation sites is 1. The maximum Gasteiger partial charge on any atom is 0.255 e. The van der Waals surface area contributed by atoms with Gasteiger partial charge in [-0.25, -0.2) is 0 Å². The molecule has 138 valence electrons. The maximum atomic E-state index is 12.6. The van der Waals surface area contributed by atoms with Crippen LogP contribution < -0.4 is 10.6 Å². The highest BCUT2D eigenvalue weighted by Gasteiger charge is 2.12. The number of hydrogen-bond donors (Lipinski definition) is 2. The zero-order valence-corrected chi connectivity index (χ0v) is 15.4. The summed E-state index contributed by atoms with van der Waals surface area (Å²) >= 11 is 0. The smallest absolute Gasteiger partial charge is 0.255 e. The van der Waals surface area contributed by atoms with Crippen molar-refractivity contribution in [3.63, 3.8) is 0 Å². The molecule has 0 aliphatic carbocycles. The first-order chi connectivity index (χ1) is 13.6. The molecule has 0 fully saturated rings. The first-order valence-corrected chi connectivity index (χ1v) is 8.91. The fourth-order valence-electron chi connectivity index (χ4n) is 2.78. The molecule has 3 rings (SSSR count). The van der Waals surface area contributed by atoms with Gasteiger partial charge in [0, 0.05) is 22.5 Å². The third-order valence-electron chi connectivity index (χ3n) is 4.31. The number of nitrogens with zero attached hydrogens (tertiary/aromatic N) is 1. The van der Waals surface area contributed by atoms with Gasteiger partial charge in [0.25, 0.3) is 11.8 Å². The number of amides is 2. The second kappa shape index (κ2) is 8.65. The SMILES string of the molecule is CCc1ccccc1NC(=O)c1cccc(C(=O)Nc2ccc(C#N)cc2)c1. The summed E-state index contributed by atoms with van der Waals surface area (Å²) in [5.41, 5.74) is 3.69. The largest absolute Gasteiger partial charge is 0.322 e. The summed E-state index contributed by atoms with van der Waals surface area (Å²) in [6.45, 7) is 2.03. The van der Waals surface area contributed by atoms with Crippen LogP contribution in [0.3, 0.4) is 0 Å². The Morgan fingerprint density at radius 1 is 0.857 bits per heavy atom. The Morgan fingerprint density at radius 2 is 1.50 bits per heavy atom. The van der Waals surface area contributed by atoms with Crippen molar-refractivity contribution >= 4 is 23.2 Å². The van der Waals surface area contributed by atoms with Crippen LogP contribution in [0, 0.1) is 11.3 Å². The Bertz CT molecular complexity index is 1050. The molecule has 0 aliphatic rings. The van der Waals surface area contributed by atoms with E-state index in [4.69, 9.17) is 5.26 Å². The zero-order valence-electron chi connectivity index (χ0n) is 15.4. The summed E-state index contributed by atoms with van der Waals surface area (Å²) < 4.78 is 0. The number of anilines is 2. The van der Waals surface area contributed by atoms with E-state index in [0.717, 1.165) is 17.7 Å². The van der Waals surface area contributed by atoms with Crippen LogP contribution in [0.5, 0.6) is 0 Å². The lowest BCUT2D eigenvalue weighted by Crippen LogP contribution is -2.16. The van der Waals surface area contributed by atoms with Gasteiger partial charge in [0.05, 0.1) is 11.6 Å². The van der Waals surface area contributed by atoms with Crippen molar-refractivity contribution < 1.29 is 9.59 Å². The molecule has 0 saturated heterocycles. The summed E-state index contributed by atoms with van der Waals surface area (Å²) in [5.74, 6) is -0.595. The Kier molecular flexibility index (Phi) is 5.83. The van der Waals surface area contributed by atoms with E-state index in [-0.39, 0.29) is 11.8 Å². The third kappa shape index (κ3) is 4.43. The predicted molar refractivity (Wildman–Crippen MR) is 109 cm³/mol. The van der Waals surface area contributed by atoms with Gasteiger partial charge in [0.1, 0.15) is 0 Å². The van der Waals surface area contributed by atoms with Crippen molar-refractivity contribution in [2.45, 2.75) is 13.3 Å². The van der Waals surface area contributed by atoms with Crippen LogP contribution in [0.2, 0.25) is 0 Å². The molecular weight excluding hydrogens is 350 g/mol. The molecule has 0 atom stereocenters. The van der Waals surface area contributed by atoms with Gasteiger partial charge >= 0.3 is 0 Å². The van der Waals surface area contributed by atoms with E-state index in [9.17, 15) is 9.59 Å². The van der Waals surface area contributed by atoms with E-state index in [1.807, 2.05) is 37.3 Å². The molecule has 0 spiro atoms. The minimum absolute atomic E-state index is 0.270. The summed E-state index contributed by atoms with van der Waals surface area (Å²) in [6.07, 6.45) is 0.809. The van der Waals surface area contributed by atoms with Crippen molar-refractivity contribution in [3.05, 3.63) is 95.1 Å². The highest BCUT2D eigenvalue weighted by atomic mass is 16.2. The number of carbonyl (C=O) groups excluding carboxylic acids is 2. The Morgan fingerprint density at radius 3 is 2.14 bits per heavy atom. The second-order valence-corrected chi connectivity index (χ2v) is 6.19. The molecule has 28 heavy (non-hydrogen) atoms. The summed E-state index contributed by atoms with van der Waals surface area (Å²) in [7, 11) is 0. The minimum atomic E-state index is -0.326. The number of aryl methyl sites for hydroxylation is 1. The van der Waals surface area contributed by atoms with E-state index < -0.39 is 0 Å². The number of nitriles is 1. The molecule has 3 aromatic carbocycles. The van der Waals surface area contributed by atoms with Crippen LogP contribution in [-0.2, 0) is 6.42 Å². The molecule has 0 bridgehead atoms. The quantitative estimate of drug-likeness (QED) is 0.688. The molecule has 0 aliphatic heterocycles. The monoisotopic (exact) mass is 369 g/mol. The second-order valence-electron chi connectivity index (χ2n) is 6.19. The predicted octanol–water partition coefficient (Wildman–Crippen LogP) is 4.63. The van der Waals surface area contributed by atoms with Crippen LogP contribution >= 0.6 is 0 Å². The van der Waals surface area contributed by atoms with E-state index in [1.165, 1.54) is 0 Å². The molecule has 5 nitrogen and oxygen atoms in total. The first-order valence-electron chi connectivity index (χ1n) is 8.91. The van der Waals surface area contributed by atoms with E-state index >= 15 is 0 Å². The normalized spacial score (nSPS) is 10.0. The van der Waals surface area contributed by atoms with E-state index in [1.54, 1.807) is 48.5 Å². The van der Waals surface area contributed by atoms with Crippen LogP contribution in [0.15, 0.2) is 72.8 Å². The fourth-order valence-corrected chi connectivity index (χ4v) is 2.78. The molecule has 2 N–H and O–H groups in total. The average molecular weight is 369 g/mol. The van der Waals surface area contributed by atoms with Gasteiger partial charge in [-0.15, -0.1) is 0 Å². The van der Waals surface area contributed by atoms with Crippen molar-refractivity contribution in [1.29, 1.82) is 5.26 Å². The number of carbonyl (C=O) groups is 2. The Hall–Kier alpha value is -3.91. The highest BCUT2D eigenvalue weighted by Crippen LogP contribution is 2.17. The van der Waals surface area contributed by atoms with Gasteiger partial charge in [-0.05, 0) is 60.5 Å². The van der Waals surface area contributed by atoms with Gasteiger partial charge in [0.2, 0.25) is 0 Å². The first kappa shape index (κ1) is 18.9. The molecule has 0 heterocycles. The maximum absolute atomic E-state index is 12.6. The van der Waals surface area contributed by atoms with Crippen molar-refractivity contribution in [1.82, 2.24) is 0 Å². The molecule has 3 aromatic rings. The van der Waals surface area contributed by atoms with E-state index in [2.05, 4.69) is 10.6 Å². The number of hydrogen-bond acceptors (Lipinski definition) is 3. The van der Waals surface area contributed by atoms with Gasteiger partial charge in [0.15, 0.2) is 0 Å². The standard InChI is InChI=1S/C23H19N3O2/c1-2-17-6-3-4-9-21(17)26-23(28)19-8-5-7-18(14-19)22(27)25-20-12-10-16(15-24)11-13-20/h3-14H,2H2,1H3,(H,25,27)(H,26,28). The van der Waals surface area contributed by atoms with Gasteiger partial charge in [-0.1, -0.05) is 31.2 Å². The molecule has 0 aromatic heterocycles. The van der Waals surface area contributed by atoms with Crippen LogP contribution in [0.25, 0.3) is 0 Å². The molecular formula is C23H19N3O2. The van der Waals surface area contributed by atoms with E-state index in [0.29, 0.717) is 22.4 Å². The molecule has 2 amide bonds. The van der Waals surface area contributed by atoms with Crippen LogP contribution in [0.1, 0.15) is 38.8 Å². The fraction of sp³-hybridized carbons (Fsp3) is 0.0870. The summed E-state index contributed by atoms with van der Waals surface area (Å²) in [6, 6.07) is 22.8. The minimum Gasteiger partial charge on any atom is -0.322 e. The van der Waals surface area contributed by atoms with Gasteiger partial charge < -0.3 is 10.6 Å². The number of benzene rings is 3. The number of rotatable bonds is 5. The number of nitrogens with one attached hydrogen (secondary N) is 2. The van der Waals surface area contributed by atoms with Crippen LogP contribution in [-0.4, -0.2) is 11.8 Å². The molecule has 0 saturated carbocycles. The third-order valence-corrected chi connectivity index (χ3v) is 4.31. The summed E-state index contributed by atoms with van der Waals surface area (Å²) in [4.78, 5) is 25.1. The molecule has 5 heteroatoms. The lowest BCUT2D eigenvalue weighted by atomic mass is 10.1. The zero-order chi connectivity index (χ0) is 19.9. The van der Waals surface area contributed by atoms with Crippen molar-refractivity contribution in [3.8, 4) is 6.07 Å². The molecule has 0 unspecified atom stereocenters. The summed E-state index contributed by atoms with van der Waals surface area (Å²) in [5, 5.41) is 14.5. The van der Waals surface area contributed by atoms with Crippen molar-refractivity contribution in [2.24, 2.45) is 0 Å². The lowest BCUT2D eigenvalue weighted by molar-refractivity contribution is 0.102. The lowest BCUT2D eigenvalue weighted by Gasteiger charge is -2.11. The topological polar surface area (TPSA) is 82.0 Å². The highest BCUT2D eigenvalue weighted by molar-refractivity contribution is 6.08. The van der Waals surface area contributed by atoms with Crippen molar-refractivity contribution in [2.75, 3.05) is 10.6 Å². The van der Waals surface area contributed by atoms with Gasteiger partial charge in [-0.3, -0.25) is 9.59 Å². The Balaban J connectivity index is 1.74. The van der Waals surface area contributed by atoms with Gasteiger partial charge in [-0.2, -0.15) is 5.26 Å².